The number of ether oxygens (including phenoxy) is 1. The molecular weight excluding hydrogens is 202 g/mol. The number of hydrogen-bond donors (Lipinski definition) is 4. The van der Waals surface area contributed by atoms with Crippen LogP contribution in [0.2, 0.25) is 0 Å². The smallest absolute Gasteiger partial charge is 0.217 e. The molecule has 0 saturated carbocycles. The quantitative estimate of drug-likeness (QED) is 0.406. The summed E-state index contributed by atoms with van der Waals surface area (Å²) in [4.78, 5) is 10.8. The summed E-state index contributed by atoms with van der Waals surface area (Å²) in [6, 6.07) is -1.03. The highest BCUT2D eigenvalue weighted by molar-refractivity contribution is 5.73. The summed E-state index contributed by atoms with van der Waals surface area (Å²) in [7, 11) is 0. The Morgan fingerprint density at radius 1 is 1.40 bits per heavy atom. The first-order valence-corrected chi connectivity index (χ1v) is 4.56. The van der Waals surface area contributed by atoms with Crippen molar-refractivity contribution in [2.45, 2.75) is 37.6 Å². The van der Waals surface area contributed by atoms with E-state index in [-0.39, 0.29) is 0 Å². The van der Waals surface area contributed by atoms with Crippen LogP contribution in [0.5, 0.6) is 0 Å². The highest BCUT2D eigenvalue weighted by Crippen LogP contribution is 2.20. The number of carbonyl (C=O) groups excluding carboxylic acids is 1. The zero-order chi connectivity index (χ0) is 11.6. The van der Waals surface area contributed by atoms with Crippen LogP contribution < -0.4 is 5.32 Å². The Kier molecular flexibility index (Phi) is 3.81. The van der Waals surface area contributed by atoms with Crippen molar-refractivity contribution in [1.29, 1.82) is 0 Å². The number of nitrogens with one attached hydrogen (secondary N) is 1. The van der Waals surface area contributed by atoms with E-state index in [4.69, 9.17) is 4.74 Å². The topological polar surface area (TPSA) is 99.0 Å². The van der Waals surface area contributed by atoms with Crippen LogP contribution in [-0.2, 0) is 9.53 Å². The van der Waals surface area contributed by atoms with Gasteiger partial charge in [-0.05, 0) is 0 Å². The highest BCUT2D eigenvalue weighted by atomic mass is 16.6. The molecule has 15 heavy (non-hydrogen) atoms. The summed E-state index contributed by atoms with van der Waals surface area (Å²) in [6.45, 7) is 4.64. The van der Waals surface area contributed by atoms with Gasteiger partial charge >= 0.3 is 0 Å². The average molecular weight is 217 g/mol. The van der Waals surface area contributed by atoms with Crippen molar-refractivity contribution >= 4 is 5.91 Å². The van der Waals surface area contributed by atoms with Crippen LogP contribution in [0.4, 0.5) is 0 Å². The molecule has 5 atom stereocenters. The van der Waals surface area contributed by atoms with E-state index >= 15 is 0 Å². The standard InChI is InChI=1S/C9H15NO5/c1-3-5-7(12)8(13)6(9(14)15-5)10-4(2)11/h3,5-9,12-14H,1H2,2H3,(H,10,11)/t5-,6-,7-,8-,9-/m1/s1. The molecule has 0 aromatic heterocycles. The Morgan fingerprint density at radius 3 is 2.47 bits per heavy atom. The van der Waals surface area contributed by atoms with E-state index in [2.05, 4.69) is 11.9 Å². The van der Waals surface area contributed by atoms with E-state index in [1.807, 2.05) is 0 Å². The van der Waals surface area contributed by atoms with Gasteiger partial charge < -0.3 is 25.4 Å². The van der Waals surface area contributed by atoms with Gasteiger partial charge in [0.25, 0.3) is 0 Å². The monoisotopic (exact) mass is 217 g/mol. The van der Waals surface area contributed by atoms with Crippen LogP contribution in [-0.4, -0.2) is 51.9 Å². The molecule has 6 nitrogen and oxygen atoms in total. The third kappa shape index (κ3) is 2.54. The predicted octanol–water partition coefficient (Wildman–Crippen LogP) is -1.88. The molecule has 1 amide bonds. The Bertz CT molecular complexity index is 257. The fourth-order valence-corrected chi connectivity index (χ4v) is 1.49. The van der Waals surface area contributed by atoms with Crippen LogP contribution >= 0.6 is 0 Å². The average Bonchev–Trinajstić information content (AvgIpc) is 2.18. The van der Waals surface area contributed by atoms with E-state index in [1.165, 1.54) is 13.0 Å². The van der Waals surface area contributed by atoms with Gasteiger partial charge in [0.15, 0.2) is 6.29 Å². The molecule has 0 bridgehead atoms. The number of hydrogen-bond acceptors (Lipinski definition) is 5. The lowest BCUT2D eigenvalue weighted by Crippen LogP contribution is -2.62. The van der Waals surface area contributed by atoms with Gasteiger partial charge in [-0.2, -0.15) is 0 Å². The molecule has 86 valence electrons. The van der Waals surface area contributed by atoms with Gasteiger partial charge in [0.1, 0.15) is 24.4 Å². The lowest BCUT2D eigenvalue weighted by molar-refractivity contribution is -0.234. The first kappa shape index (κ1) is 12.1. The zero-order valence-electron chi connectivity index (χ0n) is 8.33. The predicted molar refractivity (Wildman–Crippen MR) is 50.7 cm³/mol. The fourth-order valence-electron chi connectivity index (χ4n) is 1.49. The molecule has 0 aliphatic carbocycles. The summed E-state index contributed by atoms with van der Waals surface area (Å²) in [5.74, 6) is -0.425. The molecule has 1 aliphatic rings. The molecule has 0 unspecified atom stereocenters. The summed E-state index contributed by atoms with van der Waals surface area (Å²) in [5.41, 5.74) is 0. The Morgan fingerprint density at radius 2 is 2.00 bits per heavy atom. The maximum Gasteiger partial charge on any atom is 0.217 e. The summed E-state index contributed by atoms with van der Waals surface area (Å²) in [6.07, 6.45) is -3.44. The van der Waals surface area contributed by atoms with E-state index in [0.717, 1.165) is 0 Å². The van der Waals surface area contributed by atoms with E-state index < -0.39 is 36.6 Å². The molecule has 1 fully saturated rings. The van der Waals surface area contributed by atoms with E-state index in [1.54, 1.807) is 0 Å². The van der Waals surface area contributed by atoms with Gasteiger partial charge in [0.05, 0.1) is 0 Å². The van der Waals surface area contributed by atoms with Gasteiger partial charge in [-0.1, -0.05) is 6.08 Å². The first-order chi connectivity index (χ1) is 6.97. The van der Waals surface area contributed by atoms with Crippen molar-refractivity contribution in [1.82, 2.24) is 5.32 Å². The zero-order valence-corrected chi connectivity index (χ0v) is 8.33. The number of aliphatic hydroxyl groups is 3. The minimum atomic E-state index is -1.37. The third-order valence-electron chi connectivity index (χ3n) is 2.26. The van der Waals surface area contributed by atoms with Crippen molar-refractivity contribution in [2.24, 2.45) is 0 Å². The number of amides is 1. The SMILES string of the molecule is C=C[C@H]1O[C@@H](O)[C@H](NC(C)=O)[C@@H](O)[C@@H]1O. The molecule has 6 heteroatoms. The van der Waals surface area contributed by atoms with Gasteiger partial charge in [0.2, 0.25) is 5.91 Å². The van der Waals surface area contributed by atoms with Crippen molar-refractivity contribution < 1.29 is 24.9 Å². The van der Waals surface area contributed by atoms with Crippen molar-refractivity contribution in [3.63, 3.8) is 0 Å². The van der Waals surface area contributed by atoms with Crippen molar-refractivity contribution in [3.8, 4) is 0 Å². The molecule has 0 radical (unpaired) electrons. The molecule has 1 saturated heterocycles. The molecule has 1 heterocycles. The van der Waals surface area contributed by atoms with Crippen LogP contribution in [0.3, 0.4) is 0 Å². The molecular formula is C9H15NO5. The lowest BCUT2D eigenvalue weighted by Gasteiger charge is -2.39. The second-order valence-electron chi connectivity index (χ2n) is 3.43. The second kappa shape index (κ2) is 4.71. The lowest BCUT2D eigenvalue weighted by atomic mass is 9.97. The molecule has 0 spiro atoms. The van der Waals surface area contributed by atoms with Crippen LogP contribution in [0.1, 0.15) is 6.92 Å². The Labute approximate surface area is 87.2 Å². The molecule has 1 rings (SSSR count). The largest absolute Gasteiger partial charge is 0.388 e. The number of aliphatic hydroxyl groups excluding tert-OH is 3. The van der Waals surface area contributed by atoms with Crippen molar-refractivity contribution in [3.05, 3.63) is 12.7 Å². The number of rotatable bonds is 2. The van der Waals surface area contributed by atoms with Gasteiger partial charge in [-0.25, -0.2) is 0 Å². The van der Waals surface area contributed by atoms with Gasteiger partial charge in [-0.3, -0.25) is 4.79 Å². The van der Waals surface area contributed by atoms with E-state index in [0.29, 0.717) is 0 Å². The molecule has 4 N–H and O–H groups in total. The van der Waals surface area contributed by atoms with Gasteiger partial charge in [0, 0.05) is 6.92 Å². The maximum atomic E-state index is 10.8. The Hall–Kier alpha value is -0.950. The Balaban J connectivity index is 2.74. The van der Waals surface area contributed by atoms with Crippen LogP contribution in [0.15, 0.2) is 12.7 Å². The molecule has 1 aliphatic heterocycles. The van der Waals surface area contributed by atoms with Gasteiger partial charge in [-0.15, -0.1) is 6.58 Å². The number of carbonyl (C=O) groups is 1. The summed E-state index contributed by atoms with van der Waals surface area (Å²) >= 11 is 0. The van der Waals surface area contributed by atoms with Crippen LogP contribution in [0.25, 0.3) is 0 Å². The minimum absolute atomic E-state index is 0.425. The summed E-state index contributed by atoms with van der Waals surface area (Å²) < 4.78 is 4.94. The first-order valence-electron chi connectivity index (χ1n) is 4.56. The molecule has 0 aromatic rings. The van der Waals surface area contributed by atoms with E-state index in [9.17, 15) is 20.1 Å². The maximum absolute atomic E-state index is 10.8. The third-order valence-corrected chi connectivity index (χ3v) is 2.26. The highest BCUT2D eigenvalue weighted by Gasteiger charge is 2.42. The second-order valence-corrected chi connectivity index (χ2v) is 3.43. The van der Waals surface area contributed by atoms with Crippen molar-refractivity contribution in [2.75, 3.05) is 0 Å². The normalized spacial score (nSPS) is 40.9. The molecule has 0 aromatic carbocycles. The summed E-state index contributed by atoms with van der Waals surface area (Å²) in [5, 5.41) is 30.9. The minimum Gasteiger partial charge on any atom is -0.388 e. The van der Waals surface area contributed by atoms with Crippen LogP contribution in [0, 0.1) is 0 Å². The fraction of sp³-hybridized carbons (Fsp3) is 0.667.